The largest absolute Gasteiger partial charge is 0.481 e. The van der Waals surface area contributed by atoms with E-state index >= 15 is 0 Å². The van der Waals surface area contributed by atoms with Gasteiger partial charge in [0, 0.05) is 15.6 Å². The van der Waals surface area contributed by atoms with Gasteiger partial charge in [0.25, 0.3) is 0 Å². The predicted octanol–water partition coefficient (Wildman–Crippen LogP) is 3.32. The fourth-order valence-corrected chi connectivity index (χ4v) is 2.60. The van der Waals surface area contributed by atoms with Crippen LogP contribution in [0.15, 0.2) is 18.2 Å². The molecule has 8 heteroatoms. The van der Waals surface area contributed by atoms with Crippen LogP contribution in [0, 0.1) is 5.92 Å². The van der Waals surface area contributed by atoms with E-state index in [9.17, 15) is 4.79 Å². The smallest absolute Gasteiger partial charge is 0.305 e. The zero-order chi connectivity index (χ0) is 15.6. The summed E-state index contributed by atoms with van der Waals surface area (Å²) >= 11 is 12.0. The topological polar surface area (TPSA) is 80.9 Å². The summed E-state index contributed by atoms with van der Waals surface area (Å²) in [5.74, 6) is -0.406. The maximum absolute atomic E-state index is 11.0. The Labute approximate surface area is 131 Å². The number of tetrazole rings is 1. The number of carboxylic acid groups (broad SMARTS) is 1. The normalized spacial score (nSPS) is 12.6. The zero-order valence-electron chi connectivity index (χ0n) is 11.5. The van der Waals surface area contributed by atoms with Gasteiger partial charge in [0.15, 0.2) is 5.82 Å². The van der Waals surface area contributed by atoms with Crippen LogP contribution in [-0.4, -0.2) is 31.3 Å². The van der Waals surface area contributed by atoms with Crippen molar-refractivity contribution in [3.05, 3.63) is 28.2 Å². The van der Waals surface area contributed by atoms with E-state index in [0.29, 0.717) is 21.4 Å². The number of hydrogen-bond acceptors (Lipinski definition) is 4. The first-order valence-corrected chi connectivity index (χ1v) is 7.10. The molecular formula is C13H14Cl2N4O2. The van der Waals surface area contributed by atoms with Gasteiger partial charge in [-0.05, 0) is 34.5 Å². The Balaban J connectivity index is 2.47. The van der Waals surface area contributed by atoms with Crippen LogP contribution in [0.4, 0.5) is 0 Å². The monoisotopic (exact) mass is 328 g/mol. The number of benzene rings is 1. The van der Waals surface area contributed by atoms with Crippen molar-refractivity contribution >= 4 is 29.2 Å². The number of aromatic nitrogens is 4. The minimum absolute atomic E-state index is 0.0537. The molecule has 0 amide bonds. The van der Waals surface area contributed by atoms with Crippen molar-refractivity contribution in [2.75, 3.05) is 0 Å². The number of halogens is 2. The van der Waals surface area contributed by atoms with Crippen molar-refractivity contribution < 1.29 is 9.90 Å². The van der Waals surface area contributed by atoms with E-state index in [1.54, 1.807) is 18.2 Å². The molecule has 1 heterocycles. The molecule has 6 nitrogen and oxygen atoms in total. The third-order valence-electron chi connectivity index (χ3n) is 3.08. The molecule has 0 saturated carbocycles. The maximum Gasteiger partial charge on any atom is 0.305 e. The number of hydrogen-bond donors (Lipinski definition) is 1. The Morgan fingerprint density at radius 2 is 1.90 bits per heavy atom. The third kappa shape index (κ3) is 3.71. The van der Waals surface area contributed by atoms with Gasteiger partial charge >= 0.3 is 5.97 Å². The highest BCUT2D eigenvalue weighted by atomic mass is 35.5. The first-order valence-electron chi connectivity index (χ1n) is 6.34. The minimum Gasteiger partial charge on any atom is -0.481 e. The summed E-state index contributed by atoms with van der Waals surface area (Å²) in [5, 5.41) is 21.5. The van der Waals surface area contributed by atoms with Gasteiger partial charge < -0.3 is 5.11 Å². The summed E-state index contributed by atoms with van der Waals surface area (Å²) in [6.45, 7) is 3.84. The number of aliphatic carboxylic acids is 1. The molecule has 0 aliphatic rings. The fraction of sp³-hybridized carbons (Fsp3) is 0.385. The molecule has 0 bridgehead atoms. The Morgan fingerprint density at radius 3 is 2.43 bits per heavy atom. The Kier molecular flexibility index (Phi) is 4.80. The van der Waals surface area contributed by atoms with E-state index in [1.165, 1.54) is 4.68 Å². The van der Waals surface area contributed by atoms with Crippen LogP contribution in [0.25, 0.3) is 11.4 Å². The lowest BCUT2D eigenvalue weighted by Gasteiger charge is -2.20. The number of rotatable bonds is 5. The van der Waals surface area contributed by atoms with Crippen LogP contribution in [-0.2, 0) is 4.79 Å². The predicted molar refractivity (Wildman–Crippen MR) is 79.4 cm³/mol. The summed E-state index contributed by atoms with van der Waals surface area (Å²) in [4.78, 5) is 11.0. The standard InChI is InChI=1S/C13H14Cl2N4O2/c1-7(2)11(6-12(20)21)19-13(16-17-18-19)8-3-9(14)5-10(15)4-8/h3-5,7,11H,6H2,1-2H3,(H,20,21). The molecular weight excluding hydrogens is 315 g/mol. The lowest BCUT2D eigenvalue weighted by Crippen LogP contribution is -2.21. The first-order chi connectivity index (χ1) is 9.88. The fourth-order valence-electron chi connectivity index (χ4n) is 2.07. The number of carbonyl (C=O) groups is 1. The minimum atomic E-state index is -0.903. The van der Waals surface area contributed by atoms with Crippen molar-refractivity contribution in [3.8, 4) is 11.4 Å². The van der Waals surface area contributed by atoms with E-state index in [2.05, 4.69) is 15.5 Å². The summed E-state index contributed by atoms with van der Waals surface area (Å²) in [7, 11) is 0. The molecule has 2 rings (SSSR count). The quantitative estimate of drug-likeness (QED) is 0.910. The number of nitrogens with zero attached hydrogens (tertiary/aromatic N) is 4. The Bertz CT molecular complexity index is 637. The SMILES string of the molecule is CC(C)C(CC(=O)O)n1nnnc1-c1cc(Cl)cc(Cl)c1. The summed E-state index contributed by atoms with van der Waals surface area (Å²) in [6.07, 6.45) is -0.0655. The molecule has 0 radical (unpaired) electrons. The molecule has 1 unspecified atom stereocenters. The Hall–Kier alpha value is -1.66. The Morgan fingerprint density at radius 1 is 1.29 bits per heavy atom. The van der Waals surface area contributed by atoms with Crippen molar-refractivity contribution in [1.82, 2.24) is 20.2 Å². The van der Waals surface area contributed by atoms with Crippen molar-refractivity contribution in [1.29, 1.82) is 0 Å². The van der Waals surface area contributed by atoms with Crippen molar-refractivity contribution in [2.24, 2.45) is 5.92 Å². The van der Waals surface area contributed by atoms with Crippen molar-refractivity contribution in [3.63, 3.8) is 0 Å². The summed E-state index contributed by atoms with van der Waals surface area (Å²) in [5.41, 5.74) is 0.647. The highest BCUT2D eigenvalue weighted by Crippen LogP contribution is 2.29. The molecule has 2 aromatic rings. The van der Waals surface area contributed by atoms with Gasteiger partial charge in [-0.1, -0.05) is 37.0 Å². The molecule has 112 valence electrons. The van der Waals surface area contributed by atoms with Crippen LogP contribution in [0.5, 0.6) is 0 Å². The van der Waals surface area contributed by atoms with E-state index in [-0.39, 0.29) is 18.4 Å². The average Bonchev–Trinajstić information content (AvgIpc) is 2.82. The second-order valence-corrected chi connectivity index (χ2v) is 5.89. The van der Waals surface area contributed by atoms with Crippen LogP contribution in [0.2, 0.25) is 10.0 Å². The van der Waals surface area contributed by atoms with Gasteiger partial charge in [-0.25, -0.2) is 4.68 Å². The average molecular weight is 329 g/mol. The molecule has 0 fully saturated rings. The van der Waals surface area contributed by atoms with E-state index in [1.807, 2.05) is 13.8 Å². The molecule has 1 aromatic carbocycles. The van der Waals surface area contributed by atoms with Gasteiger partial charge in [0.1, 0.15) is 0 Å². The van der Waals surface area contributed by atoms with Gasteiger partial charge in [0.05, 0.1) is 12.5 Å². The van der Waals surface area contributed by atoms with Gasteiger partial charge in [-0.15, -0.1) is 5.10 Å². The van der Waals surface area contributed by atoms with E-state index in [0.717, 1.165) is 0 Å². The maximum atomic E-state index is 11.0. The first kappa shape index (κ1) is 15.7. The van der Waals surface area contributed by atoms with Gasteiger partial charge in [-0.2, -0.15) is 0 Å². The molecule has 0 aliphatic carbocycles. The molecule has 1 N–H and O–H groups in total. The second-order valence-electron chi connectivity index (χ2n) is 5.01. The van der Waals surface area contributed by atoms with Crippen LogP contribution < -0.4 is 0 Å². The number of carboxylic acids is 1. The highest BCUT2D eigenvalue weighted by Gasteiger charge is 2.24. The second kappa shape index (κ2) is 6.41. The molecule has 1 atom stereocenters. The zero-order valence-corrected chi connectivity index (χ0v) is 13.0. The molecule has 0 saturated heterocycles. The molecule has 0 spiro atoms. The van der Waals surface area contributed by atoms with E-state index in [4.69, 9.17) is 28.3 Å². The van der Waals surface area contributed by atoms with Crippen LogP contribution in [0.1, 0.15) is 26.3 Å². The van der Waals surface area contributed by atoms with Crippen molar-refractivity contribution in [2.45, 2.75) is 26.3 Å². The highest BCUT2D eigenvalue weighted by molar-refractivity contribution is 6.35. The molecule has 21 heavy (non-hydrogen) atoms. The summed E-state index contributed by atoms with van der Waals surface area (Å²) in [6, 6.07) is 4.63. The molecule has 0 aliphatic heterocycles. The van der Waals surface area contributed by atoms with Gasteiger partial charge in [-0.3, -0.25) is 4.79 Å². The summed E-state index contributed by atoms with van der Waals surface area (Å²) < 4.78 is 1.51. The van der Waals surface area contributed by atoms with Gasteiger partial charge in [0.2, 0.25) is 0 Å². The van der Waals surface area contributed by atoms with E-state index < -0.39 is 5.97 Å². The third-order valence-corrected chi connectivity index (χ3v) is 3.52. The molecule has 1 aromatic heterocycles. The van der Waals surface area contributed by atoms with Crippen LogP contribution in [0.3, 0.4) is 0 Å². The van der Waals surface area contributed by atoms with Crippen LogP contribution >= 0.6 is 23.2 Å². The lowest BCUT2D eigenvalue weighted by molar-refractivity contribution is -0.138. The lowest BCUT2D eigenvalue weighted by atomic mass is 10.0.